The molecule has 0 aliphatic heterocycles. The maximum Gasteiger partial charge on any atom is 0.0628 e. The van der Waals surface area contributed by atoms with Crippen molar-refractivity contribution in [1.82, 2.24) is 15.1 Å². The first-order chi connectivity index (χ1) is 7.18. The van der Waals surface area contributed by atoms with Crippen LogP contribution in [0.15, 0.2) is 0 Å². The highest BCUT2D eigenvalue weighted by Gasteiger charge is 2.20. The lowest BCUT2D eigenvalue weighted by atomic mass is 10.1. The molecule has 15 heavy (non-hydrogen) atoms. The van der Waals surface area contributed by atoms with Gasteiger partial charge >= 0.3 is 0 Å². The highest BCUT2D eigenvalue weighted by atomic mass is 15.3. The van der Waals surface area contributed by atoms with E-state index in [0.717, 1.165) is 18.9 Å². The quantitative estimate of drug-likeness (QED) is 0.743. The zero-order chi connectivity index (χ0) is 10.8. The van der Waals surface area contributed by atoms with Crippen LogP contribution in [0.1, 0.15) is 29.8 Å². The Bertz CT molecular complexity index is 337. The van der Waals surface area contributed by atoms with Crippen LogP contribution in [-0.4, -0.2) is 22.9 Å². The van der Waals surface area contributed by atoms with Gasteiger partial charge in [0, 0.05) is 12.7 Å². The number of aryl methyl sites for hydroxylation is 2. The summed E-state index contributed by atoms with van der Waals surface area (Å²) in [5.74, 6) is 0.973. The predicted octanol–water partition coefficient (Wildman–Crippen LogP) is 1.58. The van der Waals surface area contributed by atoms with Crippen LogP contribution in [0.25, 0.3) is 0 Å². The molecule has 3 heteroatoms. The summed E-state index contributed by atoms with van der Waals surface area (Å²) in [4.78, 5) is 0. The number of nitrogens with one attached hydrogen (secondary N) is 1. The molecule has 1 aromatic heterocycles. The van der Waals surface area contributed by atoms with E-state index < -0.39 is 0 Å². The zero-order valence-electron chi connectivity index (χ0n) is 10.0. The van der Waals surface area contributed by atoms with Gasteiger partial charge in [-0.2, -0.15) is 5.10 Å². The fourth-order valence-electron chi connectivity index (χ4n) is 2.02. The molecule has 0 atom stereocenters. The Balaban J connectivity index is 1.81. The molecule has 0 saturated heterocycles. The van der Waals surface area contributed by atoms with Crippen molar-refractivity contribution >= 4 is 0 Å². The molecule has 0 radical (unpaired) electrons. The summed E-state index contributed by atoms with van der Waals surface area (Å²) < 4.78 is 1.98. The minimum absolute atomic E-state index is 0.973. The molecule has 84 valence electrons. The first kappa shape index (κ1) is 10.7. The van der Waals surface area contributed by atoms with Crippen LogP contribution >= 0.6 is 0 Å². The van der Waals surface area contributed by atoms with Crippen molar-refractivity contribution in [2.75, 3.05) is 13.1 Å². The van der Waals surface area contributed by atoms with Crippen molar-refractivity contribution in [1.29, 1.82) is 0 Å². The summed E-state index contributed by atoms with van der Waals surface area (Å²) in [6.07, 6.45) is 3.97. The third-order valence-corrected chi connectivity index (χ3v) is 3.34. The molecule has 1 aliphatic rings. The lowest BCUT2D eigenvalue weighted by molar-refractivity contribution is 0.635. The van der Waals surface area contributed by atoms with Crippen LogP contribution in [0, 0.1) is 19.8 Å². The van der Waals surface area contributed by atoms with Gasteiger partial charge in [-0.1, -0.05) is 0 Å². The summed E-state index contributed by atoms with van der Waals surface area (Å²) in [6, 6.07) is 0. The van der Waals surface area contributed by atoms with Crippen molar-refractivity contribution in [2.24, 2.45) is 13.0 Å². The summed E-state index contributed by atoms with van der Waals surface area (Å²) in [6.45, 7) is 6.54. The average molecular weight is 207 g/mol. The van der Waals surface area contributed by atoms with Crippen LogP contribution in [0.4, 0.5) is 0 Å². The summed E-state index contributed by atoms with van der Waals surface area (Å²) in [7, 11) is 2.02. The second-order valence-electron chi connectivity index (χ2n) is 4.67. The summed E-state index contributed by atoms with van der Waals surface area (Å²) >= 11 is 0. The van der Waals surface area contributed by atoms with Crippen LogP contribution in [0.2, 0.25) is 0 Å². The maximum atomic E-state index is 4.43. The Morgan fingerprint density at radius 2 is 2.13 bits per heavy atom. The minimum atomic E-state index is 0.973. The van der Waals surface area contributed by atoms with Crippen LogP contribution in [-0.2, 0) is 13.5 Å². The predicted molar refractivity (Wildman–Crippen MR) is 62.0 cm³/mol. The summed E-state index contributed by atoms with van der Waals surface area (Å²) in [5, 5.41) is 7.95. The second-order valence-corrected chi connectivity index (χ2v) is 4.67. The molecule has 0 spiro atoms. The molecular formula is C12H21N3. The van der Waals surface area contributed by atoms with Crippen molar-refractivity contribution in [3.63, 3.8) is 0 Å². The molecule has 0 unspecified atom stereocenters. The van der Waals surface area contributed by atoms with E-state index in [1.807, 2.05) is 11.7 Å². The second kappa shape index (κ2) is 4.35. The molecule has 3 nitrogen and oxygen atoms in total. The Kier molecular flexibility index (Phi) is 3.10. The van der Waals surface area contributed by atoms with Crippen molar-refractivity contribution < 1.29 is 0 Å². The average Bonchev–Trinajstić information content (AvgIpc) is 2.96. The van der Waals surface area contributed by atoms with Crippen molar-refractivity contribution in [3.8, 4) is 0 Å². The number of hydrogen-bond donors (Lipinski definition) is 1. The maximum absolute atomic E-state index is 4.43. The first-order valence-corrected chi connectivity index (χ1v) is 5.88. The molecule has 1 heterocycles. The molecule has 0 aromatic carbocycles. The monoisotopic (exact) mass is 207 g/mol. The van der Waals surface area contributed by atoms with Crippen LogP contribution in [0.5, 0.6) is 0 Å². The van der Waals surface area contributed by atoms with Gasteiger partial charge in [-0.05, 0) is 57.7 Å². The first-order valence-electron chi connectivity index (χ1n) is 5.88. The van der Waals surface area contributed by atoms with Crippen molar-refractivity contribution in [2.45, 2.75) is 33.1 Å². The van der Waals surface area contributed by atoms with Gasteiger partial charge < -0.3 is 5.32 Å². The molecule has 1 aromatic rings. The van der Waals surface area contributed by atoms with E-state index in [1.165, 1.54) is 36.3 Å². The zero-order valence-corrected chi connectivity index (χ0v) is 10.0. The molecule has 0 amide bonds. The topological polar surface area (TPSA) is 29.9 Å². The highest BCUT2D eigenvalue weighted by Crippen LogP contribution is 2.27. The molecule has 0 bridgehead atoms. The van der Waals surface area contributed by atoms with Gasteiger partial charge in [0.25, 0.3) is 0 Å². The number of hydrogen-bond acceptors (Lipinski definition) is 2. The van der Waals surface area contributed by atoms with Gasteiger partial charge in [-0.25, -0.2) is 0 Å². The Morgan fingerprint density at radius 1 is 1.40 bits per heavy atom. The standard InChI is InChI=1S/C12H21N3/c1-9-12(10(2)15(3)14-9)6-7-13-8-11-4-5-11/h11,13H,4-8H2,1-3H3. The minimum Gasteiger partial charge on any atom is -0.316 e. The fourth-order valence-corrected chi connectivity index (χ4v) is 2.02. The van der Waals surface area contributed by atoms with E-state index in [9.17, 15) is 0 Å². The van der Waals surface area contributed by atoms with E-state index in [-0.39, 0.29) is 0 Å². The third-order valence-electron chi connectivity index (χ3n) is 3.34. The van der Waals surface area contributed by atoms with E-state index in [2.05, 4.69) is 24.3 Å². The fraction of sp³-hybridized carbons (Fsp3) is 0.750. The molecular weight excluding hydrogens is 186 g/mol. The van der Waals surface area contributed by atoms with Gasteiger partial charge in [-0.15, -0.1) is 0 Å². The molecule has 1 aliphatic carbocycles. The van der Waals surface area contributed by atoms with E-state index >= 15 is 0 Å². The molecule has 2 rings (SSSR count). The molecule has 1 N–H and O–H groups in total. The Hall–Kier alpha value is -0.830. The van der Waals surface area contributed by atoms with Crippen molar-refractivity contribution in [3.05, 3.63) is 17.0 Å². The Morgan fingerprint density at radius 3 is 2.67 bits per heavy atom. The number of nitrogens with zero attached hydrogens (tertiary/aromatic N) is 2. The lowest BCUT2D eigenvalue weighted by Gasteiger charge is -2.04. The van der Waals surface area contributed by atoms with Gasteiger partial charge in [0.1, 0.15) is 0 Å². The van der Waals surface area contributed by atoms with Crippen LogP contribution in [0.3, 0.4) is 0 Å². The largest absolute Gasteiger partial charge is 0.316 e. The Labute approximate surface area is 91.9 Å². The summed E-state index contributed by atoms with van der Waals surface area (Å²) in [5.41, 5.74) is 3.91. The number of rotatable bonds is 5. The van der Waals surface area contributed by atoms with E-state index in [0.29, 0.717) is 0 Å². The van der Waals surface area contributed by atoms with E-state index in [1.54, 1.807) is 0 Å². The van der Waals surface area contributed by atoms with Gasteiger partial charge in [0.05, 0.1) is 5.69 Å². The number of aromatic nitrogens is 2. The van der Waals surface area contributed by atoms with Gasteiger partial charge in [0.2, 0.25) is 0 Å². The van der Waals surface area contributed by atoms with E-state index in [4.69, 9.17) is 0 Å². The van der Waals surface area contributed by atoms with Gasteiger partial charge in [0.15, 0.2) is 0 Å². The smallest absolute Gasteiger partial charge is 0.0628 e. The van der Waals surface area contributed by atoms with Crippen LogP contribution < -0.4 is 5.32 Å². The molecule has 1 saturated carbocycles. The third kappa shape index (κ3) is 2.59. The van der Waals surface area contributed by atoms with Gasteiger partial charge in [-0.3, -0.25) is 4.68 Å². The SMILES string of the molecule is Cc1nn(C)c(C)c1CCNCC1CC1. The lowest BCUT2D eigenvalue weighted by Crippen LogP contribution is -2.20. The highest BCUT2D eigenvalue weighted by molar-refractivity contribution is 5.24. The normalized spacial score (nSPS) is 15.9. The molecule has 1 fully saturated rings.